The molecule has 0 bridgehead atoms. The SMILES string of the molecule is O=c1c2c1CCCCCc1c(c1=O)CCCCC2. The van der Waals surface area contributed by atoms with Crippen molar-refractivity contribution in [1.29, 1.82) is 0 Å². The Kier molecular flexibility index (Phi) is 3.19. The molecule has 0 N–H and O–H groups in total. The number of fused-ring (bicyclic) bond motifs is 2. The number of hydrogen-bond acceptors (Lipinski definition) is 2. The van der Waals surface area contributed by atoms with Gasteiger partial charge in [-0.05, 0) is 51.4 Å². The molecule has 2 aromatic carbocycles. The van der Waals surface area contributed by atoms with Gasteiger partial charge in [-0.25, -0.2) is 0 Å². The summed E-state index contributed by atoms with van der Waals surface area (Å²) >= 11 is 0. The van der Waals surface area contributed by atoms with E-state index in [1.165, 1.54) is 0 Å². The zero-order valence-electron chi connectivity index (χ0n) is 10.9. The maximum absolute atomic E-state index is 11.5. The molecular formula is C16H20O2. The molecule has 0 fully saturated rings. The lowest BCUT2D eigenvalue weighted by Gasteiger charge is -1.98. The van der Waals surface area contributed by atoms with Crippen LogP contribution in [0.2, 0.25) is 0 Å². The summed E-state index contributed by atoms with van der Waals surface area (Å²) in [7, 11) is 0. The van der Waals surface area contributed by atoms with Gasteiger partial charge in [0.05, 0.1) is 0 Å². The highest BCUT2D eigenvalue weighted by Gasteiger charge is 2.23. The minimum absolute atomic E-state index is 0.367. The third-order valence-corrected chi connectivity index (χ3v) is 4.41. The summed E-state index contributed by atoms with van der Waals surface area (Å²) in [5.74, 6) is 0. The Morgan fingerprint density at radius 1 is 0.444 bits per heavy atom. The molecule has 2 aromatic rings. The fraction of sp³-hybridized carbons (Fsp3) is 0.625. The fourth-order valence-corrected chi connectivity index (χ4v) is 3.12. The average Bonchev–Trinajstić information content (AvgIpc) is 3.19. The molecule has 0 atom stereocenters. The molecule has 1 aliphatic carbocycles. The molecule has 2 heteroatoms. The lowest BCUT2D eigenvalue weighted by atomic mass is 10.1. The van der Waals surface area contributed by atoms with Crippen molar-refractivity contribution in [3.63, 3.8) is 0 Å². The van der Waals surface area contributed by atoms with Gasteiger partial charge < -0.3 is 0 Å². The minimum atomic E-state index is 0.367. The first kappa shape index (κ1) is 11.9. The molecule has 0 saturated heterocycles. The zero-order chi connectivity index (χ0) is 12.5. The Labute approximate surface area is 107 Å². The zero-order valence-corrected chi connectivity index (χ0v) is 10.9. The molecule has 0 spiro atoms. The largest absolute Gasteiger partial charge is 0.289 e. The Bertz CT molecular complexity index is 465. The molecule has 0 radical (unpaired) electrons. The van der Waals surface area contributed by atoms with Crippen molar-refractivity contribution in [1.82, 2.24) is 0 Å². The van der Waals surface area contributed by atoms with E-state index in [2.05, 4.69) is 0 Å². The van der Waals surface area contributed by atoms with Gasteiger partial charge in [0.25, 0.3) is 0 Å². The summed E-state index contributed by atoms with van der Waals surface area (Å²) in [6, 6.07) is 0. The summed E-state index contributed by atoms with van der Waals surface area (Å²) in [5.41, 5.74) is 5.27. The monoisotopic (exact) mass is 244 g/mol. The lowest BCUT2D eigenvalue weighted by Crippen LogP contribution is -1.87. The van der Waals surface area contributed by atoms with E-state index in [9.17, 15) is 9.59 Å². The molecule has 0 saturated carbocycles. The molecule has 0 aromatic heterocycles. The van der Waals surface area contributed by atoms with Gasteiger partial charge in [0.1, 0.15) is 0 Å². The van der Waals surface area contributed by atoms with E-state index in [0.717, 1.165) is 86.5 Å². The van der Waals surface area contributed by atoms with Gasteiger partial charge in [-0.1, -0.05) is 12.8 Å². The van der Waals surface area contributed by atoms with Crippen LogP contribution in [0.3, 0.4) is 0 Å². The minimum Gasteiger partial charge on any atom is -0.289 e. The maximum atomic E-state index is 11.5. The third-order valence-electron chi connectivity index (χ3n) is 4.41. The molecule has 3 rings (SSSR count). The van der Waals surface area contributed by atoms with Crippen molar-refractivity contribution >= 4 is 0 Å². The van der Waals surface area contributed by atoms with Crippen LogP contribution >= 0.6 is 0 Å². The topological polar surface area (TPSA) is 34.1 Å². The molecule has 2 nitrogen and oxygen atoms in total. The van der Waals surface area contributed by atoms with Crippen LogP contribution in [-0.4, -0.2) is 0 Å². The van der Waals surface area contributed by atoms with Crippen LogP contribution in [0.5, 0.6) is 0 Å². The number of hydrogen-bond donors (Lipinski definition) is 0. The Morgan fingerprint density at radius 2 is 0.722 bits per heavy atom. The maximum Gasteiger partial charge on any atom is 0.185 e. The summed E-state index contributed by atoms with van der Waals surface area (Å²) in [5, 5.41) is 0. The van der Waals surface area contributed by atoms with Gasteiger partial charge in [-0.3, -0.25) is 9.59 Å². The van der Waals surface area contributed by atoms with Crippen LogP contribution in [0.25, 0.3) is 0 Å². The van der Waals surface area contributed by atoms with Crippen LogP contribution in [0.1, 0.15) is 60.8 Å². The molecular weight excluding hydrogens is 224 g/mol. The average molecular weight is 244 g/mol. The van der Waals surface area contributed by atoms with E-state index in [0.29, 0.717) is 10.9 Å². The van der Waals surface area contributed by atoms with Gasteiger partial charge >= 0.3 is 0 Å². The molecule has 1 aliphatic rings. The van der Waals surface area contributed by atoms with Crippen LogP contribution in [0, 0.1) is 0 Å². The molecule has 96 valence electrons. The van der Waals surface area contributed by atoms with E-state index in [-0.39, 0.29) is 0 Å². The molecule has 0 heterocycles. The van der Waals surface area contributed by atoms with Gasteiger partial charge in [0.15, 0.2) is 10.9 Å². The summed E-state index contributed by atoms with van der Waals surface area (Å²) in [4.78, 5) is 23.1. The second-order valence-corrected chi connectivity index (χ2v) is 5.69. The molecule has 0 amide bonds. The van der Waals surface area contributed by atoms with Gasteiger partial charge in [-0.2, -0.15) is 0 Å². The molecule has 0 aliphatic heterocycles. The predicted octanol–water partition coefficient (Wildman–Crippen LogP) is 2.38. The van der Waals surface area contributed by atoms with Crippen LogP contribution < -0.4 is 10.9 Å². The molecule has 0 unspecified atom stereocenters. The number of rotatable bonds is 0. The Balaban J connectivity index is 1.57. The highest BCUT2D eigenvalue weighted by atomic mass is 16.1. The second-order valence-electron chi connectivity index (χ2n) is 5.69. The smallest absolute Gasteiger partial charge is 0.185 e. The standard InChI is InChI=1S/C16H20O2/c17-15-11-7-3-1-4-8-12-14(16(12)18)10-6-2-5-9-13(11)15/h1-10H2. The quantitative estimate of drug-likeness (QED) is 0.713. The second kappa shape index (κ2) is 4.83. The summed E-state index contributed by atoms with van der Waals surface area (Å²) in [6.45, 7) is 0. The third kappa shape index (κ3) is 2.33. The van der Waals surface area contributed by atoms with Crippen molar-refractivity contribution in [3.05, 3.63) is 42.7 Å². The highest BCUT2D eigenvalue weighted by Crippen LogP contribution is 2.21. The van der Waals surface area contributed by atoms with Crippen molar-refractivity contribution in [2.75, 3.05) is 0 Å². The Morgan fingerprint density at radius 3 is 1.00 bits per heavy atom. The van der Waals surface area contributed by atoms with Gasteiger partial charge in [-0.15, -0.1) is 0 Å². The van der Waals surface area contributed by atoms with Crippen molar-refractivity contribution in [2.45, 2.75) is 64.2 Å². The van der Waals surface area contributed by atoms with Crippen molar-refractivity contribution in [2.24, 2.45) is 0 Å². The van der Waals surface area contributed by atoms with E-state index < -0.39 is 0 Å². The summed E-state index contributed by atoms with van der Waals surface area (Å²) < 4.78 is 0. The molecule has 18 heavy (non-hydrogen) atoms. The first-order valence-corrected chi connectivity index (χ1v) is 7.32. The Hall–Kier alpha value is -1.18. The van der Waals surface area contributed by atoms with E-state index in [1.807, 2.05) is 0 Å². The van der Waals surface area contributed by atoms with Gasteiger partial charge in [0.2, 0.25) is 0 Å². The van der Waals surface area contributed by atoms with Crippen LogP contribution in [0.4, 0.5) is 0 Å². The normalized spacial score (nSPS) is 19.6. The van der Waals surface area contributed by atoms with E-state index >= 15 is 0 Å². The lowest BCUT2D eigenvalue weighted by molar-refractivity contribution is 0.665. The predicted molar refractivity (Wildman–Crippen MR) is 72.7 cm³/mol. The van der Waals surface area contributed by atoms with Crippen molar-refractivity contribution < 1.29 is 0 Å². The van der Waals surface area contributed by atoms with E-state index in [4.69, 9.17) is 0 Å². The summed E-state index contributed by atoms with van der Waals surface area (Å²) in [6.07, 6.45) is 10.7. The van der Waals surface area contributed by atoms with E-state index in [1.54, 1.807) is 0 Å². The fourth-order valence-electron chi connectivity index (χ4n) is 3.12. The van der Waals surface area contributed by atoms with Crippen LogP contribution in [-0.2, 0) is 25.7 Å². The van der Waals surface area contributed by atoms with Crippen LogP contribution in [0.15, 0.2) is 9.59 Å². The first-order valence-electron chi connectivity index (χ1n) is 7.32. The highest BCUT2D eigenvalue weighted by molar-refractivity contribution is 5.40. The van der Waals surface area contributed by atoms with Gasteiger partial charge in [0, 0.05) is 22.3 Å². The van der Waals surface area contributed by atoms with Crippen molar-refractivity contribution in [3.8, 4) is 0 Å². The first-order chi connectivity index (χ1) is 8.79.